The lowest BCUT2D eigenvalue weighted by atomic mass is 10.1. The van der Waals surface area contributed by atoms with Crippen LogP contribution in [0.15, 0.2) is 35.4 Å². The predicted octanol–water partition coefficient (Wildman–Crippen LogP) is 2.31. The highest BCUT2D eigenvalue weighted by molar-refractivity contribution is 5.93. The van der Waals surface area contributed by atoms with Gasteiger partial charge in [0.05, 0.1) is 13.3 Å². The Morgan fingerprint density at radius 3 is 2.86 bits per heavy atom. The summed E-state index contributed by atoms with van der Waals surface area (Å²) in [5.41, 5.74) is 4.45. The van der Waals surface area contributed by atoms with Gasteiger partial charge in [0.2, 0.25) is 0 Å². The summed E-state index contributed by atoms with van der Waals surface area (Å²) in [7, 11) is 1.59. The molecule has 110 valence electrons. The number of benzene rings is 1. The lowest BCUT2D eigenvalue weighted by Crippen LogP contribution is -2.18. The number of hydrogen-bond donors (Lipinski definition) is 2. The van der Waals surface area contributed by atoms with Gasteiger partial charge in [0.25, 0.3) is 5.91 Å². The molecule has 0 spiro atoms. The van der Waals surface area contributed by atoms with Gasteiger partial charge in [0.1, 0.15) is 5.75 Å². The van der Waals surface area contributed by atoms with Crippen molar-refractivity contribution in [2.24, 2.45) is 5.10 Å². The Balaban J connectivity index is 2.01. The van der Waals surface area contributed by atoms with Crippen molar-refractivity contribution in [2.45, 2.75) is 19.8 Å². The van der Waals surface area contributed by atoms with Crippen LogP contribution in [0.4, 0.5) is 0 Å². The fourth-order valence-electron chi connectivity index (χ4n) is 1.74. The summed E-state index contributed by atoms with van der Waals surface area (Å²) in [5.74, 6) is 0.623. The first kappa shape index (κ1) is 14.8. The van der Waals surface area contributed by atoms with Gasteiger partial charge >= 0.3 is 0 Å². The van der Waals surface area contributed by atoms with Crippen molar-refractivity contribution in [3.05, 3.63) is 47.3 Å². The average Bonchev–Trinajstić information content (AvgIpc) is 2.98. The second-order valence-electron chi connectivity index (χ2n) is 4.80. The SMILES string of the molecule is COc1ccccc1/C=N/NC(=O)c1cc(C(C)C)[nH]n1. The topological polar surface area (TPSA) is 79.4 Å². The van der Waals surface area contributed by atoms with Crippen molar-refractivity contribution in [3.63, 3.8) is 0 Å². The second-order valence-corrected chi connectivity index (χ2v) is 4.80. The fraction of sp³-hybridized carbons (Fsp3) is 0.267. The summed E-state index contributed by atoms with van der Waals surface area (Å²) in [6.45, 7) is 4.05. The Hall–Kier alpha value is -2.63. The second kappa shape index (κ2) is 6.69. The third-order valence-corrected chi connectivity index (χ3v) is 2.96. The Morgan fingerprint density at radius 2 is 2.19 bits per heavy atom. The van der Waals surface area contributed by atoms with Crippen molar-refractivity contribution in [1.29, 1.82) is 0 Å². The van der Waals surface area contributed by atoms with E-state index in [1.165, 1.54) is 6.21 Å². The number of methoxy groups -OCH3 is 1. The number of carbonyl (C=O) groups excluding carboxylic acids is 1. The maximum atomic E-state index is 11.9. The van der Waals surface area contributed by atoms with E-state index in [9.17, 15) is 4.79 Å². The highest BCUT2D eigenvalue weighted by Crippen LogP contribution is 2.14. The molecule has 0 radical (unpaired) electrons. The van der Waals surface area contributed by atoms with Crippen LogP contribution in [0, 0.1) is 0 Å². The van der Waals surface area contributed by atoms with Gasteiger partial charge in [-0.2, -0.15) is 10.2 Å². The van der Waals surface area contributed by atoms with Crippen molar-refractivity contribution in [2.75, 3.05) is 7.11 Å². The first-order chi connectivity index (χ1) is 10.1. The van der Waals surface area contributed by atoms with Gasteiger partial charge in [-0.15, -0.1) is 0 Å². The first-order valence-corrected chi connectivity index (χ1v) is 6.63. The van der Waals surface area contributed by atoms with Crippen LogP contribution >= 0.6 is 0 Å². The summed E-state index contributed by atoms with van der Waals surface area (Å²) >= 11 is 0. The third-order valence-electron chi connectivity index (χ3n) is 2.96. The summed E-state index contributed by atoms with van der Waals surface area (Å²) in [6.07, 6.45) is 1.53. The van der Waals surface area contributed by atoms with E-state index in [4.69, 9.17) is 4.74 Å². The summed E-state index contributed by atoms with van der Waals surface area (Å²) < 4.78 is 5.20. The molecule has 2 rings (SSSR count). The minimum atomic E-state index is -0.357. The molecule has 1 aromatic carbocycles. The van der Waals surface area contributed by atoms with Crippen molar-refractivity contribution >= 4 is 12.1 Å². The van der Waals surface area contributed by atoms with E-state index in [0.29, 0.717) is 11.4 Å². The van der Waals surface area contributed by atoms with E-state index >= 15 is 0 Å². The Labute approximate surface area is 123 Å². The molecule has 0 unspecified atom stereocenters. The van der Waals surface area contributed by atoms with Gasteiger partial charge < -0.3 is 4.74 Å². The van der Waals surface area contributed by atoms with Crippen LogP contribution in [0.2, 0.25) is 0 Å². The van der Waals surface area contributed by atoms with Crippen LogP contribution in [0.3, 0.4) is 0 Å². The molecular formula is C15H18N4O2. The van der Waals surface area contributed by atoms with Gasteiger partial charge in [0, 0.05) is 11.3 Å². The highest BCUT2D eigenvalue weighted by Gasteiger charge is 2.11. The minimum Gasteiger partial charge on any atom is -0.496 e. The molecule has 2 N–H and O–H groups in total. The zero-order chi connectivity index (χ0) is 15.2. The molecule has 2 aromatic rings. The maximum absolute atomic E-state index is 11.9. The lowest BCUT2D eigenvalue weighted by Gasteiger charge is -2.02. The first-order valence-electron chi connectivity index (χ1n) is 6.63. The molecule has 1 amide bonds. The van der Waals surface area contributed by atoms with Crippen LogP contribution < -0.4 is 10.2 Å². The lowest BCUT2D eigenvalue weighted by molar-refractivity contribution is 0.0950. The summed E-state index contributed by atoms with van der Waals surface area (Å²) in [6, 6.07) is 9.13. The minimum absolute atomic E-state index is 0.288. The van der Waals surface area contributed by atoms with Gasteiger partial charge in [-0.3, -0.25) is 9.89 Å². The Bertz CT molecular complexity index is 647. The van der Waals surface area contributed by atoms with Gasteiger partial charge in [-0.25, -0.2) is 5.43 Å². The van der Waals surface area contributed by atoms with E-state index < -0.39 is 0 Å². The Morgan fingerprint density at radius 1 is 1.43 bits per heavy atom. The molecule has 6 nitrogen and oxygen atoms in total. The number of aromatic amines is 1. The average molecular weight is 286 g/mol. The van der Waals surface area contributed by atoms with Crippen LogP contribution in [-0.2, 0) is 0 Å². The van der Waals surface area contributed by atoms with Gasteiger partial charge in [-0.05, 0) is 24.1 Å². The smallest absolute Gasteiger partial charge is 0.291 e. The fourth-order valence-corrected chi connectivity index (χ4v) is 1.74. The summed E-state index contributed by atoms with van der Waals surface area (Å²) in [5, 5.41) is 10.7. The molecule has 0 fully saturated rings. The zero-order valence-electron chi connectivity index (χ0n) is 12.3. The quantitative estimate of drug-likeness (QED) is 0.654. The maximum Gasteiger partial charge on any atom is 0.291 e. The van der Waals surface area contributed by atoms with E-state index in [-0.39, 0.29) is 11.8 Å². The number of aromatic nitrogens is 2. The normalized spacial score (nSPS) is 11.0. The number of amides is 1. The molecule has 1 heterocycles. The van der Waals surface area contributed by atoms with E-state index in [0.717, 1.165) is 11.3 Å². The third kappa shape index (κ3) is 3.68. The standard InChI is InChI=1S/C15H18N4O2/c1-10(2)12-8-13(18-17-12)15(20)19-16-9-11-6-4-5-7-14(11)21-3/h4-10H,1-3H3,(H,17,18)(H,19,20)/b16-9+. The van der Waals surface area contributed by atoms with Crippen LogP contribution in [-0.4, -0.2) is 29.4 Å². The number of nitrogens with one attached hydrogen (secondary N) is 2. The Kier molecular flexibility index (Phi) is 4.71. The van der Waals surface area contributed by atoms with Crippen molar-refractivity contribution in [3.8, 4) is 5.75 Å². The largest absolute Gasteiger partial charge is 0.496 e. The number of carbonyl (C=O) groups is 1. The number of nitrogens with zero attached hydrogens (tertiary/aromatic N) is 2. The predicted molar refractivity (Wildman–Crippen MR) is 80.7 cm³/mol. The number of ether oxygens (including phenoxy) is 1. The molecular weight excluding hydrogens is 268 g/mol. The van der Waals surface area contributed by atoms with Crippen LogP contribution in [0.25, 0.3) is 0 Å². The molecule has 1 aromatic heterocycles. The molecule has 0 saturated carbocycles. The zero-order valence-corrected chi connectivity index (χ0v) is 12.3. The molecule has 21 heavy (non-hydrogen) atoms. The number of H-pyrrole nitrogens is 1. The van der Waals surface area contributed by atoms with Crippen molar-refractivity contribution < 1.29 is 9.53 Å². The molecule has 0 atom stereocenters. The highest BCUT2D eigenvalue weighted by atomic mass is 16.5. The van der Waals surface area contributed by atoms with Crippen molar-refractivity contribution in [1.82, 2.24) is 15.6 Å². The molecule has 0 saturated heterocycles. The molecule has 0 aliphatic heterocycles. The molecule has 0 bridgehead atoms. The number of hydrogen-bond acceptors (Lipinski definition) is 4. The monoisotopic (exact) mass is 286 g/mol. The van der Waals surface area contributed by atoms with Crippen LogP contribution in [0.5, 0.6) is 5.75 Å². The van der Waals surface area contributed by atoms with Gasteiger partial charge in [-0.1, -0.05) is 26.0 Å². The summed E-state index contributed by atoms with van der Waals surface area (Å²) in [4.78, 5) is 11.9. The number of hydrazone groups is 1. The number of para-hydroxylation sites is 1. The van der Waals surface area contributed by atoms with Gasteiger partial charge in [0.15, 0.2) is 5.69 Å². The molecule has 6 heteroatoms. The van der Waals surface area contributed by atoms with Crippen LogP contribution in [0.1, 0.15) is 41.5 Å². The van der Waals surface area contributed by atoms with E-state index in [2.05, 4.69) is 20.7 Å². The van der Waals surface area contributed by atoms with E-state index in [1.807, 2.05) is 38.1 Å². The molecule has 0 aliphatic carbocycles. The number of rotatable bonds is 5. The molecule has 0 aliphatic rings. The van der Waals surface area contributed by atoms with E-state index in [1.54, 1.807) is 13.2 Å².